The Hall–Kier alpha value is -1.51. The molecule has 1 amide bonds. The van der Waals surface area contributed by atoms with Gasteiger partial charge in [0.25, 0.3) is 0 Å². The van der Waals surface area contributed by atoms with E-state index in [4.69, 9.17) is 4.74 Å². The number of carbonyl (C=O) groups is 1. The summed E-state index contributed by atoms with van der Waals surface area (Å²) in [7, 11) is 0. The van der Waals surface area contributed by atoms with Crippen molar-refractivity contribution in [2.75, 3.05) is 6.61 Å². The molecule has 2 aliphatic rings. The first-order valence-corrected chi connectivity index (χ1v) is 7.75. The van der Waals surface area contributed by atoms with E-state index in [2.05, 4.69) is 18.3 Å². The number of hydrogen-bond donors (Lipinski definition) is 1. The van der Waals surface area contributed by atoms with Crippen LogP contribution in [-0.4, -0.2) is 18.6 Å². The van der Waals surface area contributed by atoms with Gasteiger partial charge in [-0.25, -0.2) is 0 Å². The predicted molar refractivity (Wildman–Crippen MR) is 78.7 cm³/mol. The fourth-order valence-corrected chi connectivity index (χ4v) is 3.33. The predicted octanol–water partition coefficient (Wildman–Crippen LogP) is 2.93. The number of para-hydroxylation sites is 1. The molecule has 1 saturated carbocycles. The van der Waals surface area contributed by atoms with Crippen LogP contribution in [0.5, 0.6) is 5.75 Å². The number of rotatable bonds is 2. The Labute approximate surface area is 120 Å². The van der Waals surface area contributed by atoms with E-state index in [-0.39, 0.29) is 11.8 Å². The molecular weight excluding hydrogens is 250 g/mol. The van der Waals surface area contributed by atoms with Crippen molar-refractivity contribution in [3.05, 3.63) is 29.8 Å². The zero-order valence-electron chi connectivity index (χ0n) is 12.1. The molecular formula is C17H23NO2. The van der Waals surface area contributed by atoms with Crippen molar-refractivity contribution in [3.63, 3.8) is 0 Å². The summed E-state index contributed by atoms with van der Waals surface area (Å²) < 4.78 is 5.71. The van der Waals surface area contributed by atoms with Gasteiger partial charge in [0.05, 0.1) is 5.92 Å². The van der Waals surface area contributed by atoms with Crippen molar-refractivity contribution in [2.24, 2.45) is 11.8 Å². The maximum absolute atomic E-state index is 12.4. The second-order valence-corrected chi connectivity index (χ2v) is 6.20. The molecule has 3 heteroatoms. The van der Waals surface area contributed by atoms with Gasteiger partial charge in [-0.05, 0) is 36.8 Å². The van der Waals surface area contributed by atoms with E-state index in [1.807, 2.05) is 18.2 Å². The van der Waals surface area contributed by atoms with Crippen molar-refractivity contribution >= 4 is 5.91 Å². The number of nitrogens with one attached hydrogen (secondary N) is 1. The fourth-order valence-electron chi connectivity index (χ4n) is 3.33. The molecule has 1 heterocycles. The normalized spacial score (nSPS) is 29.1. The van der Waals surface area contributed by atoms with Crippen molar-refractivity contribution in [2.45, 2.75) is 45.1 Å². The first-order valence-electron chi connectivity index (χ1n) is 7.75. The van der Waals surface area contributed by atoms with Crippen molar-refractivity contribution in [1.82, 2.24) is 5.32 Å². The molecule has 1 aliphatic heterocycles. The molecule has 108 valence electrons. The van der Waals surface area contributed by atoms with Gasteiger partial charge in [-0.1, -0.05) is 38.0 Å². The summed E-state index contributed by atoms with van der Waals surface area (Å²) in [5.74, 6) is 1.66. The molecule has 1 fully saturated rings. The second-order valence-electron chi connectivity index (χ2n) is 6.20. The molecule has 1 aromatic rings. The minimum Gasteiger partial charge on any atom is -0.492 e. The lowest BCUT2D eigenvalue weighted by atomic mass is 9.85. The van der Waals surface area contributed by atoms with Crippen LogP contribution in [0, 0.1) is 11.8 Å². The van der Waals surface area contributed by atoms with Gasteiger partial charge in [-0.3, -0.25) is 4.79 Å². The third kappa shape index (κ3) is 2.82. The number of ether oxygens (including phenoxy) is 1. The van der Waals surface area contributed by atoms with Gasteiger partial charge in [-0.2, -0.15) is 0 Å². The van der Waals surface area contributed by atoms with Gasteiger partial charge in [0.2, 0.25) is 5.91 Å². The Bertz CT molecular complexity index is 486. The number of hydrogen-bond acceptors (Lipinski definition) is 2. The molecule has 3 atom stereocenters. The van der Waals surface area contributed by atoms with Crippen LogP contribution in [0.3, 0.4) is 0 Å². The van der Waals surface area contributed by atoms with Gasteiger partial charge >= 0.3 is 0 Å². The summed E-state index contributed by atoms with van der Waals surface area (Å²) in [5.41, 5.74) is 1.15. The molecule has 3 rings (SSSR count). The van der Waals surface area contributed by atoms with Crippen LogP contribution in [0.1, 0.15) is 38.2 Å². The standard InChI is InChI=1S/C17H23NO2/c1-12-6-2-4-8-15(12)18-17(19)14-10-13-7-3-5-9-16(13)20-11-14/h3,5,7,9,12,14-15H,2,4,6,8,10-11H2,1H3,(H,18,19). The van der Waals surface area contributed by atoms with E-state index < -0.39 is 0 Å². The zero-order chi connectivity index (χ0) is 13.9. The molecule has 0 bridgehead atoms. The van der Waals surface area contributed by atoms with E-state index in [1.165, 1.54) is 19.3 Å². The van der Waals surface area contributed by atoms with Gasteiger partial charge in [0, 0.05) is 6.04 Å². The first-order chi connectivity index (χ1) is 9.74. The molecule has 0 saturated heterocycles. The minimum absolute atomic E-state index is 0.0426. The van der Waals surface area contributed by atoms with E-state index >= 15 is 0 Å². The molecule has 0 radical (unpaired) electrons. The number of benzene rings is 1. The molecule has 1 N–H and O–H groups in total. The first kappa shape index (κ1) is 13.5. The van der Waals surface area contributed by atoms with E-state index in [0.29, 0.717) is 18.6 Å². The lowest BCUT2D eigenvalue weighted by molar-refractivity contribution is -0.127. The highest BCUT2D eigenvalue weighted by Crippen LogP contribution is 2.28. The van der Waals surface area contributed by atoms with Gasteiger partial charge in [-0.15, -0.1) is 0 Å². The van der Waals surface area contributed by atoms with Crippen molar-refractivity contribution in [3.8, 4) is 5.75 Å². The second kappa shape index (κ2) is 5.86. The Balaban J connectivity index is 1.61. The molecule has 1 aromatic carbocycles. The maximum atomic E-state index is 12.4. The number of fused-ring (bicyclic) bond motifs is 1. The zero-order valence-corrected chi connectivity index (χ0v) is 12.1. The topological polar surface area (TPSA) is 38.3 Å². The molecule has 20 heavy (non-hydrogen) atoms. The van der Waals surface area contributed by atoms with Crippen LogP contribution in [-0.2, 0) is 11.2 Å². The summed E-state index contributed by atoms with van der Waals surface area (Å²) in [6, 6.07) is 8.37. The van der Waals surface area contributed by atoms with Crippen molar-refractivity contribution < 1.29 is 9.53 Å². The largest absolute Gasteiger partial charge is 0.492 e. The van der Waals surface area contributed by atoms with Crippen LogP contribution < -0.4 is 10.1 Å². The fraction of sp³-hybridized carbons (Fsp3) is 0.588. The Morgan fingerprint density at radius 2 is 2.05 bits per heavy atom. The van der Waals surface area contributed by atoms with Crippen LogP contribution in [0.4, 0.5) is 0 Å². The van der Waals surface area contributed by atoms with E-state index in [1.54, 1.807) is 0 Å². The highest BCUT2D eigenvalue weighted by atomic mass is 16.5. The maximum Gasteiger partial charge on any atom is 0.227 e. The van der Waals surface area contributed by atoms with Crippen LogP contribution in [0.25, 0.3) is 0 Å². The third-order valence-corrected chi connectivity index (χ3v) is 4.69. The Morgan fingerprint density at radius 1 is 1.25 bits per heavy atom. The molecule has 3 nitrogen and oxygen atoms in total. The summed E-state index contributed by atoms with van der Waals surface area (Å²) >= 11 is 0. The molecule has 3 unspecified atom stereocenters. The highest BCUT2D eigenvalue weighted by Gasteiger charge is 2.29. The van der Waals surface area contributed by atoms with Crippen molar-refractivity contribution in [1.29, 1.82) is 0 Å². The van der Waals surface area contributed by atoms with Gasteiger partial charge in [0.15, 0.2) is 0 Å². The number of amides is 1. The minimum atomic E-state index is -0.0426. The molecule has 0 aromatic heterocycles. The van der Waals surface area contributed by atoms with Crippen LogP contribution >= 0.6 is 0 Å². The Kier molecular flexibility index (Phi) is 3.95. The average Bonchev–Trinajstić information content (AvgIpc) is 2.49. The monoisotopic (exact) mass is 273 g/mol. The lowest BCUT2D eigenvalue weighted by Gasteiger charge is -2.32. The van der Waals surface area contributed by atoms with Crippen LogP contribution in [0.15, 0.2) is 24.3 Å². The van der Waals surface area contributed by atoms with E-state index in [0.717, 1.165) is 24.2 Å². The average molecular weight is 273 g/mol. The summed E-state index contributed by atoms with van der Waals surface area (Å²) in [6.07, 6.45) is 5.68. The van der Waals surface area contributed by atoms with E-state index in [9.17, 15) is 4.79 Å². The molecule has 0 spiro atoms. The Morgan fingerprint density at radius 3 is 2.90 bits per heavy atom. The summed E-state index contributed by atoms with van der Waals surface area (Å²) in [5, 5.41) is 3.25. The number of carbonyl (C=O) groups excluding carboxylic acids is 1. The highest BCUT2D eigenvalue weighted by molar-refractivity contribution is 5.80. The van der Waals surface area contributed by atoms with Gasteiger partial charge in [0.1, 0.15) is 12.4 Å². The summed E-state index contributed by atoms with van der Waals surface area (Å²) in [4.78, 5) is 12.4. The van der Waals surface area contributed by atoms with Crippen LogP contribution in [0.2, 0.25) is 0 Å². The van der Waals surface area contributed by atoms with Gasteiger partial charge < -0.3 is 10.1 Å². The molecule has 1 aliphatic carbocycles. The quantitative estimate of drug-likeness (QED) is 0.899. The smallest absolute Gasteiger partial charge is 0.227 e. The summed E-state index contributed by atoms with van der Waals surface area (Å²) in [6.45, 7) is 2.75. The third-order valence-electron chi connectivity index (χ3n) is 4.69. The lowest BCUT2D eigenvalue weighted by Crippen LogP contribution is -2.46. The SMILES string of the molecule is CC1CCCCC1NC(=O)C1COc2ccccc2C1.